The second kappa shape index (κ2) is 7.23. The number of ether oxygens (including phenoxy) is 1. The van der Waals surface area contributed by atoms with Gasteiger partial charge in [0.2, 0.25) is 0 Å². The number of anilines is 1. The fraction of sp³-hybridized carbons (Fsp3) is 0.118. The maximum Gasteiger partial charge on any atom is 0.275 e. The highest BCUT2D eigenvalue weighted by atomic mass is 35.5. The number of benzene rings is 2. The number of rotatable bonds is 5. The molecular formula is C17H16ClN5O2. The smallest absolute Gasteiger partial charge is 0.275 e. The lowest BCUT2D eigenvalue weighted by Gasteiger charge is -2.07. The Kier molecular flexibility index (Phi) is 4.85. The van der Waals surface area contributed by atoms with E-state index in [1.807, 2.05) is 30.3 Å². The predicted octanol–water partition coefficient (Wildman–Crippen LogP) is 2.44. The van der Waals surface area contributed by atoms with Gasteiger partial charge in [-0.05, 0) is 17.7 Å². The molecule has 0 aliphatic rings. The van der Waals surface area contributed by atoms with Crippen molar-refractivity contribution in [3.63, 3.8) is 0 Å². The average molecular weight is 358 g/mol. The topological polar surface area (TPSA) is 95.1 Å². The maximum absolute atomic E-state index is 12.3. The van der Waals surface area contributed by atoms with E-state index in [1.54, 1.807) is 18.2 Å². The third-order valence-corrected chi connectivity index (χ3v) is 3.91. The Morgan fingerprint density at radius 3 is 2.76 bits per heavy atom. The molecule has 0 saturated carbocycles. The Morgan fingerprint density at radius 1 is 1.28 bits per heavy atom. The zero-order valence-electron chi connectivity index (χ0n) is 13.4. The molecule has 1 aromatic heterocycles. The normalized spacial score (nSPS) is 10.5. The largest absolute Gasteiger partial charge is 0.495 e. The first-order valence-corrected chi connectivity index (χ1v) is 7.85. The molecule has 0 fully saturated rings. The van der Waals surface area contributed by atoms with Crippen molar-refractivity contribution in [1.82, 2.24) is 20.3 Å². The van der Waals surface area contributed by atoms with Crippen LogP contribution in [0.25, 0.3) is 5.69 Å². The number of nitrogens with zero attached hydrogens (tertiary/aromatic N) is 3. The minimum Gasteiger partial charge on any atom is -0.495 e. The van der Waals surface area contributed by atoms with Crippen LogP contribution in [0.4, 0.5) is 5.82 Å². The van der Waals surface area contributed by atoms with E-state index in [9.17, 15) is 4.79 Å². The standard InChI is InChI=1S/C17H16ClN5O2/c1-25-14-9-12(7-8-13(14)18)23-16(19)15(21-22-23)17(24)20-10-11-5-3-2-4-6-11/h2-9H,10,19H2,1H3,(H,20,24). The van der Waals surface area contributed by atoms with Crippen molar-refractivity contribution in [2.75, 3.05) is 12.8 Å². The minimum absolute atomic E-state index is 0.0600. The van der Waals surface area contributed by atoms with Gasteiger partial charge in [-0.2, -0.15) is 4.68 Å². The maximum atomic E-state index is 12.3. The number of methoxy groups -OCH3 is 1. The summed E-state index contributed by atoms with van der Waals surface area (Å²) >= 11 is 6.01. The second-order valence-corrected chi connectivity index (χ2v) is 5.63. The van der Waals surface area contributed by atoms with Crippen LogP contribution in [0.5, 0.6) is 5.75 Å². The summed E-state index contributed by atoms with van der Waals surface area (Å²) < 4.78 is 6.53. The Labute approximate surface area is 149 Å². The third kappa shape index (κ3) is 3.56. The molecule has 8 heteroatoms. The van der Waals surface area contributed by atoms with E-state index in [0.29, 0.717) is 23.0 Å². The molecular weight excluding hydrogens is 342 g/mol. The van der Waals surface area contributed by atoms with Crippen molar-refractivity contribution in [2.45, 2.75) is 6.54 Å². The van der Waals surface area contributed by atoms with Crippen LogP contribution in [0.1, 0.15) is 16.1 Å². The van der Waals surface area contributed by atoms with Gasteiger partial charge in [0, 0.05) is 12.6 Å². The van der Waals surface area contributed by atoms with E-state index in [0.717, 1.165) is 5.56 Å². The van der Waals surface area contributed by atoms with Gasteiger partial charge >= 0.3 is 0 Å². The second-order valence-electron chi connectivity index (χ2n) is 5.22. The van der Waals surface area contributed by atoms with E-state index in [2.05, 4.69) is 15.6 Å². The average Bonchev–Trinajstić information content (AvgIpc) is 3.02. The molecule has 1 heterocycles. The lowest BCUT2D eigenvalue weighted by molar-refractivity contribution is 0.0947. The lowest BCUT2D eigenvalue weighted by Crippen LogP contribution is -2.24. The Balaban J connectivity index is 1.80. The number of halogens is 1. The zero-order chi connectivity index (χ0) is 17.8. The SMILES string of the molecule is COc1cc(-n2nnc(C(=O)NCc3ccccc3)c2N)ccc1Cl. The summed E-state index contributed by atoms with van der Waals surface area (Å²) in [4.78, 5) is 12.3. The lowest BCUT2D eigenvalue weighted by atomic mass is 10.2. The van der Waals surface area contributed by atoms with Crippen LogP contribution in [-0.4, -0.2) is 28.0 Å². The summed E-state index contributed by atoms with van der Waals surface area (Å²) in [6.45, 7) is 0.376. The number of nitrogens with one attached hydrogen (secondary N) is 1. The molecule has 0 spiro atoms. The van der Waals surface area contributed by atoms with Gasteiger partial charge in [-0.3, -0.25) is 4.79 Å². The van der Waals surface area contributed by atoms with Crippen molar-refractivity contribution in [1.29, 1.82) is 0 Å². The van der Waals surface area contributed by atoms with Crippen LogP contribution in [0.15, 0.2) is 48.5 Å². The van der Waals surface area contributed by atoms with Crippen LogP contribution in [-0.2, 0) is 6.54 Å². The number of amides is 1. The molecule has 3 aromatic rings. The molecule has 0 bridgehead atoms. The number of hydrogen-bond donors (Lipinski definition) is 2. The number of nitrogens with two attached hydrogens (primary N) is 1. The first-order valence-electron chi connectivity index (χ1n) is 7.47. The van der Waals surface area contributed by atoms with Crippen molar-refractivity contribution in [3.8, 4) is 11.4 Å². The summed E-state index contributed by atoms with van der Waals surface area (Å²) in [7, 11) is 1.51. The molecule has 0 saturated heterocycles. The van der Waals surface area contributed by atoms with Crippen LogP contribution < -0.4 is 15.8 Å². The minimum atomic E-state index is -0.395. The predicted molar refractivity (Wildman–Crippen MR) is 94.9 cm³/mol. The van der Waals surface area contributed by atoms with E-state index in [4.69, 9.17) is 22.1 Å². The van der Waals surface area contributed by atoms with E-state index in [-0.39, 0.29) is 11.5 Å². The molecule has 3 N–H and O–H groups in total. The van der Waals surface area contributed by atoms with Gasteiger partial charge in [0.05, 0.1) is 17.8 Å². The highest BCUT2D eigenvalue weighted by Gasteiger charge is 2.18. The van der Waals surface area contributed by atoms with Gasteiger partial charge in [-0.15, -0.1) is 5.10 Å². The van der Waals surface area contributed by atoms with Gasteiger partial charge < -0.3 is 15.8 Å². The molecule has 25 heavy (non-hydrogen) atoms. The molecule has 3 rings (SSSR count). The fourth-order valence-electron chi connectivity index (χ4n) is 2.28. The number of carbonyl (C=O) groups is 1. The molecule has 0 aliphatic heterocycles. The van der Waals surface area contributed by atoms with Gasteiger partial charge in [-0.1, -0.05) is 47.1 Å². The molecule has 2 aromatic carbocycles. The zero-order valence-corrected chi connectivity index (χ0v) is 14.2. The Morgan fingerprint density at radius 2 is 2.04 bits per heavy atom. The van der Waals surface area contributed by atoms with Crippen LogP contribution in [0.2, 0.25) is 5.02 Å². The summed E-state index contributed by atoms with van der Waals surface area (Å²) in [5.74, 6) is 0.215. The van der Waals surface area contributed by atoms with E-state index >= 15 is 0 Å². The van der Waals surface area contributed by atoms with Crippen molar-refractivity contribution >= 4 is 23.3 Å². The molecule has 0 aliphatic carbocycles. The van der Waals surface area contributed by atoms with Crippen LogP contribution in [0, 0.1) is 0 Å². The van der Waals surface area contributed by atoms with Crippen molar-refractivity contribution in [3.05, 3.63) is 64.8 Å². The summed E-state index contributed by atoms with van der Waals surface area (Å²) in [5.41, 5.74) is 7.67. The van der Waals surface area contributed by atoms with E-state index in [1.165, 1.54) is 11.8 Å². The third-order valence-electron chi connectivity index (χ3n) is 3.60. The number of aromatic nitrogens is 3. The molecule has 1 amide bonds. The first kappa shape index (κ1) is 16.8. The summed E-state index contributed by atoms with van der Waals surface area (Å²) in [5, 5.41) is 11.1. The number of hydrogen-bond acceptors (Lipinski definition) is 5. The number of carbonyl (C=O) groups excluding carboxylic acids is 1. The highest BCUT2D eigenvalue weighted by molar-refractivity contribution is 6.32. The molecule has 7 nitrogen and oxygen atoms in total. The van der Waals surface area contributed by atoms with Gasteiger partial charge in [0.15, 0.2) is 11.5 Å². The fourth-order valence-corrected chi connectivity index (χ4v) is 2.48. The van der Waals surface area contributed by atoms with Crippen molar-refractivity contribution < 1.29 is 9.53 Å². The molecule has 0 unspecified atom stereocenters. The monoisotopic (exact) mass is 357 g/mol. The highest BCUT2D eigenvalue weighted by Crippen LogP contribution is 2.27. The van der Waals surface area contributed by atoms with Gasteiger partial charge in [-0.25, -0.2) is 0 Å². The van der Waals surface area contributed by atoms with Crippen molar-refractivity contribution in [2.24, 2.45) is 0 Å². The summed E-state index contributed by atoms with van der Waals surface area (Å²) in [6, 6.07) is 14.6. The van der Waals surface area contributed by atoms with E-state index < -0.39 is 5.91 Å². The van der Waals surface area contributed by atoms with Crippen LogP contribution >= 0.6 is 11.6 Å². The van der Waals surface area contributed by atoms with Gasteiger partial charge in [0.25, 0.3) is 5.91 Å². The summed E-state index contributed by atoms with van der Waals surface area (Å²) in [6.07, 6.45) is 0. The van der Waals surface area contributed by atoms with Gasteiger partial charge in [0.1, 0.15) is 5.75 Å². The molecule has 0 atom stereocenters. The quantitative estimate of drug-likeness (QED) is 0.731. The first-order chi connectivity index (χ1) is 12.1. The Bertz CT molecular complexity index is 895. The molecule has 0 radical (unpaired) electrons. The number of nitrogen functional groups attached to an aromatic ring is 1. The van der Waals surface area contributed by atoms with Crippen LogP contribution in [0.3, 0.4) is 0 Å². The Hall–Kier alpha value is -3.06. The molecule has 128 valence electrons.